The second-order valence-electron chi connectivity index (χ2n) is 6.48. The minimum absolute atomic E-state index is 0.0526. The van der Waals surface area contributed by atoms with E-state index in [-0.39, 0.29) is 44.1 Å². The van der Waals surface area contributed by atoms with Gasteiger partial charge in [-0.2, -0.15) is 0 Å². The molecule has 9 nitrogen and oxygen atoms in total. The molecule has 9 heteroatoms. The fourth-order valence-electron chi connectivity index (χ4n) is 2.72. The summed E-state index contributed by atoms with van der Waals surface area (Å²) in [7, 11) is 0. The maximum absolute atomic E-state index is 12.5. The van der Waals surface area contributed by atoms with E-state index in [1.54, 1.807) is 6.08 Å². The number of nitrogens with one attached hydrogen (secondary N) is 1. The van der Waals surface area contributed by atoms with Crippen molar-refractivity contribution in [1.82, 2.24) is 5.32 Å². The third-order valence-corrected chi connectivity index (χ3v) is 4.07. The number of hydrogen-bond acceptors (Lipinski definition) is 8. The van der Waals surface area contributed by atoms with Crippen molar-refractivity contribution in [3.05, 3.63) is 47.6 Å². The average Bonchev–Trinajstić information content (AvgIpc) is 2.69. The maximum Gasteiger partial charge on any atom is 0.342 e. The highest BCUT2D eigenvalue weighted by atomic mass is 16.6. The van der Waals surface area contributed by atoms with Gasteiger partial charge in [-0.05, 0) is 37.0 Å². The number of aliphatic hydroxyl groups is 1. The van der Waals surface area contributed by atoms with Crippen LogP contribution >= 0.6 is 0 Å². The number of benzene rings is 1. The zero-order valence-corrected chi connectivity index (χ0v) is 16.5. The van der Waals surface area contributed by atoms with E-state index in [1.807, 2.05) is 18.2 Å². The molecule has 1 aliphatic heterocycles. The van der Waals surface area contributed by atoms with Gasteiger partial charge in [-0.25, -0.2) is 4.79 Å². The molecule has 0 spiro atoms. The molecular formula is C21H26N2O7. The van der Waals surface area contributed by atoms with Crippen LogP contribution in [0.5, 0.6) is 11.5 Å². The molecule has 1 aromatic rings. The normalized spacial score (nSPS) is 16.4. The van der Waals surface area contributed by atoms with Crippen molar-refractivity contribution < 1.29 is 34.5 Å². The van der Waals surface area contributed by atoms with Gasteiger partial charge >= 0.3 is 5.97 Å². The van der Waals surface area contributed by atoms with Crippen LogP contribution in [0.1, 0.15) is 35.2 Å². The molecule has 162 valence electrons. The molecular weight excluding hydrogens is 392 g/mol. The van der Waals surface area contributed by atoms with Gasteiger partial charge in [0.25, 0.3) is 5.91 Å². The standard InChI is InChI=1S/C21H26N2O7/c24-9-8-22-19(27)14-30-23-16-7-5-3-1-2-4-6-10-29-21(28)20-15(11-16)12-17(25)13-18(20)26/h2,4-5,7,12-13,24-26H,1,3,6,8-11,14H2,(H,22,27). The van der Waals surface area contributed by atoms with Crippen molar-refractivity contribution in [2.45, 2.75) is 25.7 Å². The minimum Gasteiger partial charge on any atom is -0.508 e. The van der Waals surface area contributed by atoms with E-state index in [0.29, 0.717) is 17.7 Å². The van der Waals surface area contributed by atoms with Crippen molar-refractivity contribution >= 4 is 17.6 Å². The number of fused-ring (bicyclic) bond motifs is 1. The molecule has 1 aliphatic rings. The van der Waals surface area contributed by atoms with Gasteiger partial charge in [-0.15, -0.1) is 0 Å². The summed E-state index contributed by atoms with van der Waals surface area (Å²) in [4.78, 5) is 29.1. The number of carbonyl (C=O) groups excluding carboxylic acids is 2. The monoisotopic (exact) mass is 418 g/mol. The Bertz CT molecular complexity index is 831. The van der Waals surface area contributed by atoms with Gasteiger partial charge in [0.1, 0.15) is 17.1 Å². The number of oxime groups is 1. The van der Waals surface area contributed by atoms with Crippen LogP contribution in [0.3, 0.4) is 0 Å². The minimum atomic E-state index is -0.708. The maximum atomic E-state index is 12.5. The van der Waals surface area contributed by atoms with Crippen molar-refractivity contribution in [2.75, 3.05) is 26.4 Å². The SMILES string of the molecule is O=C(CON=C1C=CCCC=CCCOC(=O)c2c(O)cc(O)cc2C1)NCCO. The topological polar surface area (TPSA) is 138 Å². The molecule has 0 radical (unpaired) electrons. The molecule has 30 heavy (non-hydrogen) atoms. The number of allylic oxidation sites excluding steroid dienone is 3. The number of carbonyl (C=O) groups is 2. The van der Waals surface area contributed by atoms with E-state index < -0.39 is 17.6 Å². The van der Waals surface area contributed by atoms with Crippen LogP contribution in [-0.4, -0.2) is 59.3 Å². The second-order valence-corrected chi connectivity index (χ2v) is 6.48. The first-order chi connectivity index (χ1) is 14.5. The van der Waals surface area contributed by atoms with Crippen molar-refractivity contribution in [3.8, 4) is 11.5 Å². The second kappa shape index (κ2) is 12.3. The summed E-state index contributed by atoms with van der Waals surface area (Å²) in [6, 6.07) is 2.41. The highest BCUT2D eigenvalue weighted by Gasteiger charge is 2.20. The lowest BCUT2D eigenvalue weighted by atomic mass is 10.00. The van der Waals surface area contributed by atoms with E-state index in [4.69, 9.17) is 14.7 Å². The molecule has 0 fully saturated rings. The summed E-state index contributed by atoms with van der Waals surface area (Å²) in [5.41, 5.74) is 0.627. The molecule has 0 bridgehead atoms. The summed E-state index contributed by atoms with van der Waals surface area (Å²) in [6.07, 6.45) is 9.61. The first-order valence-corrected chi connectivity index (χ1v) is 9.61. The zero-order chi connectivity index (χ0) is 21.8. The highest BCUT2D eigenvalue weighted by molar-refractivity contribution is 6.00. The molecule has 0 aromatic heterocycles. The van der Waals surface area contributed by atoms with Gasteiger partial charge < -0.3 is 30.2 Å². The Morgan fingerprint density at radius 3 is 2.73 bits per heavy atom. The molecule has 1 heterocycles. The predicted molar refractivity (Wildman–Crippen MR) is 109 cm³/mol. The van der Waals surface area contributed by atoms with Crippen LogP contribution < -0.4 is 5.32 Å². The van der Waals surface area contributed by atoms with E-state index in [0.717, 1.165) is 18.9 Å². The summed E-state index contributed by atoms with van der Waals surface area (Å²) < 4.78 is 5.23. The third-order valence-electron chi connectivity index (χ3n) is 4.07. The molecule has 0 saturated carbocycles. The van der Waals surface area contributed by atoms with E-state index >= 15 is 0 Å². The van der Waals surface area contributed by atoms with Crippen LogP contribution in [0, 0.1) is 0 Å². The fourth-order valence-corrected chi connectivity index (χ4v) is 2.72. The average molecular weight is 418 g/mol. The first-order valence-electron chi connectivity index (χ1n) is 9.61. The third kappa shape index (κ3) is 7.59. The van der Waals surface area contributed by atoms with E-state index in [1.165, 1.54) is 6.07 Å². The van der Waals surface area contributed by atoms with Crippen molar-refractivity contribution in [3.63, 3.8) is 0 Å². The number of nitrogens with zero attached hydrogens (tertiary/aromatic N) is 1. The number of aromatic hydroxyl groups is 2. The van der Waals surface area contributed by atoms with Crippen LogP contribution in [0.25, 0.3) is 0 Å². The number of esters is 1. The van der Waals surface area contributed by atoms with Crippen LogP contribution in [0.15, 0.2) is 41.6 Å². The number of ether oxygens (including phenoxy) is 1. The molecule has 0 aliphatic carbocycles. The summed E-state index contributed by atoms with van der Waals surface area (Å²) in [6.45, 7) is -0.254. The van der Waals surface area contributed by atoms with E-state index in [2.05, 4.69) is 10.5 Å². The van der Waals surface area contributed by atoms with Crippen LogP contribution in [-0.2, 0) is 20.8 Å². The van der Waals surface area contributed by atoms with Gasteiger partial charge in [-0.3, -0.25) is 4.79 Å². The van der Waals surface area contributed by atoms with Gasteiger partial charge in [0.05, 0.1) is 18.9 Å². The Labute approximate surface area is 174 Å². The van der Waals surface area contributed by atoms with E-state index in [9.17, 15) is 19.8 Å². The Morgan fingerprint density at radius 2 is 1.93 bits per heavy atom. The molecule has 0 atom stereocenters. The Morgan fingerprint density at radius 1 is 1.17 bits per heavy atom. The molecule has 0 saturated heterocycles. The molecule has 0 unspecified atom stereocenters. The Kier molecular flexibility index (Phi) is 9.39. The number of rotatable bonds is 5. The Hall–Kier alpha value is -3.33. The van der Waals surface area contributed by atoms with Crippen LogP contribution in [0.4, 0.5) is 0 Å². The lowest BCUT2D eigenvalue weighted by Crippen LogP contribution is -2.29. The summed E-state index contributed by atoms with van der Waals surface area (Å²) in [5.74, 6) is -1.76. The number of phenols is 2. The molecule has 1 amide bonds. The van der Waals surface area contributed by atoms with Gasteiger partial charge in [0.15, 0.2) is 6.61 Å². The number of phenolic OH excluding ortho intramolecular Hbond substituents is 2. The summed E-state index contributed by atoms with van der Waals surface area (Å²) >= 11 is 0. The first kappa shape index (κ1) is 23.0. The predicted octanol–water partition coefficient (Wildman–Crippen LogP) is 1.57. The lowest BCUT2D eigenvalue weighted by molar-refractivity contribution is -0.125. The smallest absolute Gasteiger partial charge is 0.342 e. The fraction of sp³-hybridized carbons (Fsp3) is 0.381. The highest BCUT2D eigenvalue weighted by Crippen LogP contribution is 2.29. The molecule has 2 rings (SSSR count). The van der Waals surface area contributed by atoms with Gasteiger partial charge in [0.2, 0.25) is 0 Å². The molecule has 4 N–H and O–H groups in total. The van der Waals surface area contributed by atoms with Crippen molar-refractivity contribution in [2.24, 2.45) is 5.16 Å². The van der Waals surface area contributed by atoms with Crippen molar-refractivity contribution in [1.29, 1.82) is 0 Å². The molecule has 1 aromatic carbocycles. The number of amides is 1. The van der Waals surface area contributed by atoms with Crippen LogP contribution in [0.2, 0.25) is 0 Å². The lowest BCUT2D eigenvalue weighted by Gasteiger charge is -2.12. The van der Waals surface area contributed by atoms with Gasteiger partial charge in [0, 0.05) is 19.0 Å². The quantitative estimate of drug-likeness (QED) is 0.323. The number of hydrogen-bond donors (Lipinski definition) is 4. The number of aliphatic hydroxyl groups excluding tert-OH is 1. The summed E-state index contributed by atoms with van der Waals surface area (Å²) in [5, 5.41) is 35.2. The van der Waals surface area contributed by atoms with Gasteiger partial charge in [-0.1, -0.05) is 23.4 Å². The largest absolute Gasteiger partial charge is 0.508 e. The zero-order valence-electron chi connectivity index (χ0n) is 16.5. The number of cyclic esters (lactones) is 1. The Balaban J connectivity index is 2.28.